The minimum Gasteiger partial charge on any atom is -0.347 e. The zero-order chi connectivity index (χ0) is 16.1. The van der Waals surface area contributed by atoms with E-state index < -0.39 is 0 Å². The van der Waals surface area contributed by atoms with Gasteiger partial charge in [0, 0.05) is 6.54 Å². The number of carbonyl (C=O) groups excluding carboxylic acids is 1. The lowest BCUT2D eigenvalue weighted by Gasteiger charge is -2.07. The zero-order valence-electron chi connectivity index (χ0n) is 11.6. The van der Waals surface area contributed by atoms with Gasteiger partial charge in [0.1, 0.15) is 18.1 Å². The van der Waals surface area contributed by atoms with Crippen molar-refractivity contribution in [2.75, 3.05) is 0 Å². The molecule has 1 heterocycles. The summed E-state index contributed by atoms with van der Waals surface area (Å²) in [4.78, 5) is 30.5. The van der Waals surface area contributed by atoms with Gasteiger partial charge >= 0.3 is 0 Å². The molecule has 0 saturated heterocycles. The number of nitroso groups, excluding NO2 is 1. The minimum atomic E-state index is -0.372. The standard InChI is InChI=1S/C14H12Cl2N4O2/c1-8-19-10(7-18-22)5-13(20-8)14(21)17-6-9-2-3-11(15)12(16)4-9/h2-5H,6-7H2,1H3,(H,17,21). The van der Waals surface area contributed by atoms with Gasteiger partial charge in [0.2, 0.25) is 0 Å². The number of amides is 1. The van der Waals surface area contributed by atoms with Gasteiger partial charge in [-0.3, -0.25) is 4.79 Å². The molecular weight excluding hydrogens is 327 g/mol. The minimum absolute atomic E-state index is 0.101. The molecule has 0 aliphatic rings. The Balaban J connectivity index is 2.08. The van der Waals surface area contributed by atoms with E-state index >= 15 is 0 Å². The SMILES string of the molecule is Cc1nc(CN=O)cc(C(=O)NCc2ccc(Cl)c(Cl)c2)n1. The van der Waals surface area contributed by atoms with Crippen LogP contribution >= 0.6 is 23.2 Å². The topological polar surface area (TPSA) is 84.3 Å². The average molecular weight is 339 g/mol. The van der Waals surface area contributed by atoms with Crippen LogP contribution in [-0.4, -0.2) is 15.9 Å². The molecule has 0 radical (unpaired) electrons. The van der Waals surface area contributed by atoms with E-state index in [1.807, 2.05) is 0 Å². The van der Waals surface area contributed by atoms with E-state index in [-0.39, 0.29) is 24.7 Å². The molecule has 22 heavy (non-hydrogen) atoms. The largest absolute Gasteiger partial charge is 0.347 e. The van der Waals surface area contributed by atoms with E-state index in [2.05, 4.69) is 20.5 Å². The van der Waals surface area contributed by atoms with E-state index in [1.165, 1.54) is 6.07 Å². The van der Waals surface area contributed by atoms with Crippen LogP contribution in [0.1, 0.15) is 27.6 Å². The first-order valence-electron chi connectivity index (χ1n) is 6.35. The van der Waals surface area contributed by atoms with Gasteiger partial charge in [0.05, 0.1) is 15.7 Å². The van der Waals surface area contributed by atoms with Crippen molar-refractivity contribution in [3.05, 3.63) is 62.0 Å². The van der Waals surface area contributed by atoms with Crippen molar-refractivity contribution in [2.45, 2.75) is 20.0 Å². The highest BCUT2D eigenvalue weighted by atomic mass is 35.5. The highest BCUT2D eigenvalue weighted by Gasteiger charge is 2.11. The number of benzene rings is 1. The van der Waals surface area contributed by atoms with Gasteiger partial charge in [-0.2, -0.15) is 4.91 Å². The molecule has 2 aromatic rings. The normalized spacial score (nSPS) is 10.3. The second kappa shape index (κ2) is 7.29. The maximum absolute atomic E-state index is 12.1. The third-order valence-electron chi connectivity index (χ3n) is 2.79. The van der Waals surface area contributed by atoms with Crippen molar-refractivity contribution in [3.8, 4) is 0 Å². The summed E-state index contributed by atoms with van der Waals surface area (Å²) in [6, 6.07) is 6.55. The number of nitrogens with one attached hydrogen (secondary N) is 1. The van der Waals surface area contributed by atoms with Gasteiger partial charge in [-0.1, -0.05) is 34.4 Å². The smallest absolute Gasteiger partial charge is 0.270 e. The Morgan fingerprint density at radius 3 is 2.68 bits per heavy atom. The van der Waals surface area contributed by atoms with Crippen LogP contribution < -0.4 is 5.32 Å². The van der Waals surface area contributed by atoms with E-state index in [9.17, 15) is 9.70 Å². The lowest BCUT2D eigenvalue weighted by Crippen LogP contribution is -2.24. The van der Waals surface area contributed by atoms with E-state index in [1.54, 1.807) is 25.1 Å². The lowest BCUT2D eigenvalue weighted by atomic mass is 10.2. The summed E-state index contributed by atoms with van der Waals surface area (Å²) in [5, 5.41) is 6.35. The highest BCUT2D eigenvalue weighted by molar-refractivity contribution is 6.42. The highest BCUT2D eigenvalue weighted by Crippen LogP contribution is 2.22. The summed E-state index contributed by atoms with van der Waals surface area (Å²) in [5.74, 6) is 0.0320. The van der Waals surface area contributed by atoms with Gasteiger partial charge in [-0.25, -0.2) is 9.97 Å². The van der Waals surface area contributed by atoms with Gasteiger partial charge < -0.3 is 5.32 Å². The summed E-state index contributed by atoms with van der Waals surface area (Å²) >= 11 is 11.8. The van der Waals surface area contributed by atoms with Crippen molar-refractivity contribution >= 4 is 29.1 Å². The molecule has 0 unspecified atom stereocenters. The van der Waals surface area contributed by atoms with E-state index in [0.717, 1.165) is 5.56 Å². The maximum atomic E-state index is 12.1. The molecule has 0 fully saturated rings. The van der Waals surface area contributed by atoms with Crippen molar-refractivity contribution in [1.29, 1.82) is 0 Å². The molecule has 0 bridgehead atoms. The van der Waals surface area contributed by atoms with Crippen LogP contribution in [-0.2, 0) is 13.1 Å². The molecular formula is C14H12Cl2N4O2. The zero-order valence-corrected chi connectivity index (χ0v) is 13.1. The molecule has 1 amide bonds. The first-order valence-corrected chi connectivity index (χ1v) is 7.11. The molecule has 0 spiro atoms. The monoisotopic (exact) mass is 338 g/mol. The second-order valence-electron chi connectivity index (χ2n) is 4.51. The van der Waals surface area contributed by atoms with Crippen LogP contribution in [0.4, 0.5) is 0 Å². The Hall–Kier alpha value is -2.05. The van der Waals surface area contributed by atoms with Crippen molar-refractivity contribution < 1.29 is 4.79 Å². The molecule has 0 aliphatic heterocycles. The summed E-state index contributed by atoms with van der Waals surface area (Å²) in [5.41, 5.74) is 1.40. The number of hydrogen-bond acceptors (Lipinski definition) is 5. The quantitative estimate of drug-likeness (QED) is 0.847. The van der Waals surface area contributed by atoms with Gasteiger partial charge in [0.25, 0.3) is 5.91 Å². The fraction of sp³-hybridized carbons (Fsp3) is 0.214. The van der Waals surface area contributed by atoms with Crippen LogP contribution in [0.25, 0.3) is 0 Å². The third kappa shape index (κ3) is 4.22. The number of rotatable bonds is 5. The molecule has 114 valence electrons. The molecule has 1 aromatic carbocycles. The number of carbonyl (C=O) groups is 1. The Kier molecular flexibility index (Phi) is 5.41. The Bertz CT molecular complexity index is 722. The second-order valence-corrected chi connectivity index (χ2v) is 5.32. The number of halogens is 2. The molecule has 1 aromatic heterocycles. The average Bonchev–Trinajstić information content (AvgIpc) is 2.48. The maximum Gasteiger partial charge on any atom is 0.270 e. The van der Waals surface area contributed by atoms with Crippen LogP contribution in [0, 0.1) is 11.8 Å². The molecule has 0 atom stereocenters. The fourth-order valence-corrected chi connectivity index (χ4v) is 2.14. The summed E-state index contributed by atoms with van der Waals surface area (Å²) in [6.45, 7) is 1.82. The number of nitrogens with zero attached hydrogens (tertiary/aromatic N) is 3. The van der Waals surface area contributed by atoms with Crippen molar-refractivity contribution in [3.63, 3.8) is 0 Å². The molecule has 1 N–H and O–H groups in total. The fourth-order valence-electron chi connectivity index (χ4n) is 1.82. The van der Waals surface area contributed by atoms with Crippen molar-refractivity contribution in [2.24, 2.45) is 5.18 Å². The van der Waals surface area contributed by atoms with Gasteiger partial charge in [0.15, 0.2) is 0 Å². The first kappa shape index (κ1) is 16.3. The third-order valence-corrected chi connectivity index (χ3v) is 3.53. The number of aromatic nitrogens is 2. The predicted octanol–water partition coefficient (Wildman–Crippen LogP) is 3.29. The molecule has 0 aliphatic carbocycles. The van der Waals surface area contributed by atoms with E-state index in [4.69, 9.17) is 23.2 Å². The van der Waals surface area contributed by atoms with Crippen LogP contribution in [0.3, 0.4) is 0 Å². The summed E-state index contributed by atoms with van der Waals surface area (Å²) in [6.07, 6.45) is 0. The molecule has 6 nitrogen and oxygen atoms in total. The van der Waals surface area contributed by atoms with Crippen LogP contribution in [0.15, 0.2) is 29.4 Å². The molecule has 2 rings (SSSR count). The molecule has 0 saturated carbocycles. The number of aryl methyl sites for hydroxylation is 1. The Labute approximate surface area is 136 Å². The number of hydrogen-bond donors (Lipinski definition) is 1. The van der Waals surface area contributed by atoms with E-state index in [0.29, 0.717) is 21.6 Å². The molecule has 8 heteroatoms. The summed E-state index contributed by atoms with van der Waals surface area (Å²) in [7, 11) is 0. The van der Waals surface area contributed by atoms with Crippen molar-refractivity contribution in [1.82, 2.24) is 15.3 Å². The van der Waals surface area contributed by atoms with Crippen LogP contribution in [0.2, 0.25) is 10.0 Å². The Morgan fingerprint density at radius 1 is 1.23 bits per heavy atom. The predicted molar refractivity (Wildman–Crippen MR) is 83.9 cm³/mol. The first-order chi connectivity index (χ1) is 10.5. The van der Waals surface area contributed by atoms with Gasteiger partial charge in [-0.05, 0) is 30.7 Å². The Morgan fingerprint density at radius 2 is 2.00 bits per heavy atom. The lowest BCUT2D eigenvalue weighted by molar-refractivity contribution is 0.0945. The summed E-state index contributed by atoms with van der Waals surface area (Å²) < 4.78 is 0. The van der Waals surface area contributed by atoms with Crippen LogP contribution in [0.5, 0.6) is 0 Å². The van der Waals surface area contributed by atoms with Gasteiger partial charge in [-0.15, -0.1) is 0 Å².